The van der Waals surface area contributed by atoms with Gasteiger partial charge in [0.05, 0.1) is 11.1 Å². The van der Waals surface area contributed by atoms with Gasteiger partial charge in [0.2, 0.25) is 0 Å². The number of benzene rings is 1. The summed E-state index contributed by atoms with van der Waals surface area (Å²) in [4.78, 5) is 22.4. The molecule has 0 aliphatic rings. The third-order valence-corrected chi connectivity index (χ3v) is 2.87. The van der Waals surface area contributed by atoms with Crippen molar-refractivity contribution in [2.45, 2.75) is 33.6 Å². The van der Waals surface area contributed by atoms with Gasteiger partial charge in [0.1, 0.15) is 0 Å². The molecule has 1 aromatic carbocycles. The van der Waals surface area contributed by atoms with E-state index in [0.29, 0.717) is 29.5 Å². The van der Waals surface area contributed by atoms with E-state index in [4.69, 9.17) is 5.11 Å². The summed E-state index contributed by atoms with van der Waals surface area (Å²) >= 11 is 0. The maximum atomic E-state index is 11.3. The highest BCUT2D eigenvalue weighted by Crippen LogP contribution is 2.24. The molecular formula is C13H16O4. The van der Waals surface area contributed by atoms with Crippen LogP contribution in [0, 0.1) is 6.92 Å². The van der Waals surface area contributed by atoms with Gasteiger partial charge in [0.25, 0.3) is 0 Å². The predicted molar refractivity (Wildman–Crippen MR) is 63.9 cm³/mol. The fourth-order valence-corrected chi connectivity index (χ4v) is 2.16. The molecule has 0 amide bonds. The number of aromatic carboxylic acids is 2. The van der Waals surface area contributed by atoms with Crippen LogP contribution >= 0.6 is 0 Å². The van der Waals surface area contributed by atoms with Crippen LogP contribution in [0.25, 0.3) is 0 Å². The van der Waals surface area contributed by atoms with Crippen LogP contribution in [0.15, 0.2) is 6.07 Å². The maximum absolute atomic E-state index is 11.3. The molecule has 0 atom stereocenters. The number of rotatable bonds is 4. The number of aryl methyl sites for hydroxylation is 2. The Bertz CT molecular complexity index is 475. The van der Waals surface area contributed by atoms with Gasteiger partial charge in [0.15, 0.2) is 0 Å². The first-order chi connectivity index (χ1) is 7.93. The summed E-state index contributed by atoms with van der Waals surface area (Å²) in [6, 6.07) is 1.66. The van der Waals surface area contributed by atoms with Crippen LogP contribution in [-0.4, -0.2) is 22.2 Å². The number of carboxylic acid groups (broad SMARTS) is 2. The third-order valence-electron chi connectivity index (χ3n) is 2.87. The lowest BCUT2D eigenvalue weighted by Gasteiger charge is -2.15. The summed E-state index contributed by atoms with van der Waals surface area (Å²) in [6.45, 7) is 5.33. The number of carbonyl (C=O) groups is 2. The van der Waals surface area contributed by atoms with Crippen LogP contribution in [0.2, 0.25) is 0 Å². The van der Waals surface area contributed by atoms with Crippen LogP contribution in [0.3, 0.4) is 0 Å². The number of carboxylic acids is 2. The van der Waals surface area contributed by atoms with Crippen LogP contribution in [0.5, 0.6) is 0 Å². The van der Waals surface area contributed by atoms with Crippen molar-refractivity contribution in [2.75, 3.05) is 0 Å². The lowest BCUT2D eigenvalue weighted by atomic mass is 9.89. The molecule has 0 saturated carbocycles. The fourth-order valence-electron chi connectivity index (χ4n) is 2.16. The Labute approximate surface area is 99.9 Å². The van der Waals surface area contributed by atoms with E-state index in [1.54, 1.807) is 19.9 Å². The van der Waals surface area contributed by atoms with E-state index in [0.717, 1.165) is 0 Å². The monoisotopic (exact) mass is 236 g/mol. The molecular weight excluding hydrogens is 220 g/mol. The summed E-state index contributed by atoms with van der Waals surface area (Å²) < 4.78 is 0. The van der Waals surface area contributed by atoms with Gasteiger partial charge in [-0.05, 0) is 36.5 Å². The second-order valence-electron chi connectivity index (χ2n) is 3.90. The van der Waals surface area contributed by atoms with Crippen LogP contribution < -0.4 is 0 Å². The average molecular weight is 236 g/mol. The zero-order chi connectivity index (χ0) is 13.2. The smallest absolute Gasteiger partial charge is 0.336 e. The van der Waals surface area contributed by atoms with Crippen molar-refractivity contribution >= 4 is 11.9 Å². The largest absolute Gasteiger partial charge is 0.478 e. The van der Waals surface area contributed by atoms with Crippen molar-refractivity contribution in [3.05, 3.63) is 33.9 Å². The summed E-state index contributed by atoms with van der Waals surface area (Å²) in [5.41, 5.74) is 2.01. The van der Waals surface area contributed by atoms with Gasteiger partial charge >= 0.3 is 11.9 Å². The lowest BCUT2D eigenvalue weighted by Crippen LogP contribution is -2.14. The number of hydrogen-bond donors (Lipinski definition) is 2. The van der Waals surface area contributed by atoms with Gasteiger partial charge in [-0.2, -0.15) is 0 Å². The molecule has 4 heteroatoms. The molecule has 0 aliphatic heterocycles. The zero-order valence-corrected chi connectivity index (χ0v) is 10.2. The standard InChI is InChI=1S/C13H16O4/c1-4-8-6-7(3)10(12(14)15)9(5-2)11(8)13(16)17/h6H,4-5H2,1-3H3,(H,14,15)(H,16,17). The third kappa shape index (κ3) is 2.30. The first-order valence-electron chi connectivity index (χ1n) is 5.55. The molecule has 4 nitrogen and oxygen atoms in total. The van der Waals surface area contributed by atoms with Crippen LogP contribution in [0.4, 0.5) is 0 Å². The first kappa shape index (κ1) is 13.2. The normalized spacial score (nSPS) is 10.3. The van der Waals surface area contributed by atoms with E-state index >= 15 is 0 Å². The Kier molecular flexibility index (Phi) is 3.89. The fraction of sp³-hybridized carbons (Fsp3) is 0.385. The van der Waals surface area contributed by atoms with Gasteiger partial charge in [-0.1, -0.05) is 19.9 Å². The van der Waals surface area contributed by atoms with Gasteiger partial charge < -0.3 is 10.2 Å². The van der Waals surface area contributed by atoms with E-state index < -0.39 is 11.9 Å². The molecule has 0 fully saturated rings. The van der Waals surface area contributed by atoms with E-state index in [9.17, 15) is 14.7 Å². The van der Waals surface area contributed by atoms with Gasteiger partial charge in [0, 0.05) is 0 Å². The van der Waals surface area contributed by atoms with Crippen molar-refractivity contribution in [3.8, 4) is 0 Å². The highest BCUT2D eigenvalue weighted by atomic mass is 16.4. The van der Waals surface area contributed by atoms with Gasteiger partial charge in [-0.15, -0.1) is 0 Å². The highest BCUT2D eigenvalue weighted by Gasteiger charge is 2.22. The Morgan fingerprint density at radius 1 is 1.06 bits per heavy atom. The Hall–Kier alpha value is -1.84. The molecule has 0 radical (unpaired) electrons. The molecule has 0 aromatic heterocycles. The molecule has 0 heterocycles. The molecule has 1 aromatic rings. The predicted octanol–water partition coefficient (Wildman–Crippen LogP) is 2.52. The molecule has 2 N–H and O–H groups in total. The molecule has 0 saturated heterocycles. The minimum Gasteiger partial charge on any atom is -0.478 e. The average Bonchev–Trinajstić information content (AvgIpc) is 2.25. The molecule has 0 spiro atoms. The Balaban J connectivity index is 3.71. The summed E-state index contributed by atoms with van der Waals surface area (Å²) in [7, 11) is 0. The van der Waals surface area contributed by atoms with Gasteiger partial charge in [-0.25, -0.2) is 9.59 Å². The van der Waals surface area contributed by atoms with Gasteiger partial charge in [-0.3, -0.25) is 0 Å². The summed E-state index contributed by atoms with van der Waals surface area (Å²) in [6.07, 6.45) is 0.979. The molecule has 0 aliphatic carbocycles. The summed E-state index contributed by atoms with van der Waals surface area (Å²) in [5.74, 6) is -2.12. The first-order valence-corrected chi connectivity index (χ1v) is 5.55. The van der Waals surface area contributed by atoms with Crippen molar-refractivity contribution in [3.63, 3.8) is 0 Å². The van der Waals surface area contributed by atoms with Crippen LogP contribution in [0.1, 0.15) is 51.3 Å². The molecule has 1 rings (SSSR count). The second kappa shape index (κ2) is 4.99. The Morgan fingerprint density at radius 2 is 1.59 bits per heavy atom. The molecule has 17 heavy (non-hydrogen) atoms. The van der Waals surface area contributed by atoms with Crippen molar-refractivity contribution in [2.24, 2.45) is 0 Å². The van der Waals surface area contributed by atoms with E-state index in [1.807, 2.05) is 6.92 Å². The van der Waals surface area contributed by atoms with Crippen molar-refractivity contribution in [1.82, 2.24) is 0 Å². The quantitative estimate of drug-likeness (QED) is 0.842. The van der Waals surface area contributed by atoms with E-state index in [1.165, 1.54) is 0 Å². The Morgan fingerprint density at radius 3 is 1.94 bits per heavy atom. The SMILES string of the molecule is CCc1cc(C)c(C(=O)O)c(CC)c1C(=O)O. The molecule has 0 bridgehead atoms. The van der Waals surface area contributed by atoms with E-state index in [-0.39, 0.29) is 11.1 Å². The summed E-state index contributed by atoms with van der Waals surface area (Å²) in [5, 5.41) is 18.4. The van der Waals surface area contributed by atoms with E-state index in [2.05, 4.69) is 0 Å². The highest BCUT2D eigenvalue weighted by molar-refractivity contribution is 5.98. The zero-order valence-electron chi connectivity index (χ0n) is 10.2. The lowest BCUT2D eigenvalue weighted by molar-refractivity contribution is 0.0694. The topological polar surface area (TPSA) is 74.6 Å². The second-order valence-corrected chi connectivity index (χ2v) is 3.90. The molecule has 92 valence electrons. The van der Waals surface area contributed by atoms with Crippen molar-refractivity contribution < 1.29 is 19.8 Å². The maximum Gasteiger partial charge on any atom is 0.336 e. The minimum atomic E-state index is -1.07. The van der Waals surface area contributed by atoms with Crippen molar-refractivity contribution in [1.29, 1.82) is 0 Å². The number of hydrogen-bond acceptors (Lipinski definition) is 2. The molecule has 0 unspecified atom stereocenters. The van der Waals surface area contributed by atoms with Crippen LogP contribution in [-0.2, 0) is 12.8 Å². The minimum absolute atomic E-state index is 0.127.